The Hall–Kier alpha value is -3.59. The van der Waals surface area contributed by atoms with Gasteiger partial charge in [0.25, 0.3) is 0 Å². The van der Waals surface area contributed by atoms with Crippen LogP contribution in [0.5, 0.6) is 6.01 Å². The molecular formula is C22H25N7O2. The summed E-state index contributed by atoms with van der Waals surface area (Å²) in [5.74, 6) is 1.87. The van der Waals surface area contributed by atoms with E-state index >= 15 is 0 Å². The van der Waals surface area contributed by atoms with Crippen LogP contribution < -0.4 is 15.1 Å². The maximum Gasteiger partial charge on any atom is 0.320 e. The molecule has 3 heterocycles. The van der Waals surface area contributed by atoms with Crippen molar-refractivity contribution in [3.63, 3.8) is 0 Å². The van der Waals surface area contributed by atoms with E-state index in [2.05, 4.69) is 41.4 Å². The first kappa shape index (κ1) is 20.7. The molecule has 2 aromatic heterocycles. The molecule has 0 radical (unpaired) electrons. The van der Waals surface area contributed by atoms with E-state index in [0.29, 0.717) is 24.9 Å². The van der Waals surface area contributed by atoms with Gasteiger partial charge in [0.05, 0.1) is 19.4 Å². The molecule has 1 aliphatic heterocycles. The van der Waals surface area contributed by atoms with E-state index in [1.165, 1.54) is 5.56 Å². The predicted octanol–water partition coefficient (Wildman–Crippen LogP) is 2.75. The van der Waals surface area contributed by atoms with Gasteiger partial charge in [-0.15, -0.1) is 0 Å². The summed E-state index contributed by atoms with van der Waals surface area (Å²) in [5.41, 5.74) is 6.05. The minimum absolute atomic E-state index is 0.181. The zero-order valence-corrected chi connectivity index (χ0v) is 17.7. The number of benzene rings is 1. The second kappa shape index (κ2) is 9.94. The Labute approximate surface area is 181 Å². The number of ether oxygens (including phenoxy) is 2. The van der Waals surface area contributed by atoms with Crippen LogP contribution in [0.3, 0.4) is 0 Å². The van der Waals surface area contributed by atoms with Crippen LogP contribution in [-0.2, 0) is 11.3 Å². The molecule has 0 bridgehead atoms. The standard InChI is InChI=1S/C22H25N7O2/c1-16-4-3-5-18(12-16)14-24-28-19-13-21(29-8-10-30-11-9-29)27-22(26-19)31-15-20-23-7-6-17(2)25-20/h3-7,12-14H,8-11,15H2,1-2H3,(H,26,27,28)/b24-14+. The molecule has 0 atom stereocenters. The van der Waals surface area contributed by atoms with E-state index in [9.17, 15) is 0 Å². The van der Waals surface area contributed by atoms with Gasteiger partial charge in [-0.3, -0.25) is 5.43 Å². The van der Waals surface area contributed by atoms with Gasteiger partial charge in [-0.2, -0.15) is 15.1 Å². The first-order valence-corrected chi connectivity index (χ1v) is 10.1. The Morgan fingerprint density at radius 2 is 2.00 bits per heavy atom. The maximum atomic E-state index is 5.80. The van der Waals surface area contributed by atoms with Crippen LogP contribution in [0.15, 0.2) is 47.7 Å². The normalized spacial score (nSPS) is 14.1. The number of hydrazone groups is 1. The Balaban J connectivity index is 1.52. The molecule has 1 saturated heterocycles. The Morgan fingerprint density at radius 1 is 1.13 bits per heavy atom. The van der Waals surface area contributed by atoms with Crippen LogP contribution in [0.1, 0.15) is 22.6 Å². The van der Waals surface area contributed by atoms with Crippen molar-refractivity contribution in [2.45, 2.75) is 20.5 Å². The Morgan fingerprint density at radius 3 is 2.81 bits per heavy atom. The first-order valence-electron chi connectivity index (χ1n) is 10.1. The summed E-state index contributed by atoms with van der Waals surface area (Å²) in [6.07, 6.45) is 3.46. The average Bonchev–Trinajstić information content (AvgIpc) is 2.78. The molecule has 0 saturated carbocycles. The molecule has 9 nitrogen and oxygen atoms in total. The van der Waals surface area contributed by atoms with Gasteiger partial charge in [0, 0.05) is 31.0 Å². The lowest BCUT2D eigenvalue weighted by Gasteiger charge is -2.28. The van der Waals surface area contributed by atoms with Crippen molar-refractivity contribution in [2.24, 2.45) is 5.10 Å². The van der Waals surface area contributed by atoms with Gasteiger partial charge in [0.15, 0.2) is 18.2 Å². The SMILES string of the molecule is Cc1cccc(/C=N/Nc2cc(N3CCOCC3)nc(OCc3nccc(C)n3)n2)c1. The number of aromatic nitrogens is 4. The van der Waals surface area contributed by atoms with Crippen molar-refractivity contribution in [3.05, 3.63) is 65.2 Å². The summed E-state index contributed by atoms with van der Waals surface area (Å²) in [6, 6.07) is 12.0. The highest BCUT2D eigenvalue weighted by molar-refractivity contribution is 5.80. The zero-order valence-electron chi connectivity index (χ0n) is 17.7. The zero-order chi connectivity index (χ0) is 21.5. The largest absolute Gasteiger partial charge is 0.455 e. The molecule has 1 aliphatic rings. The lowest BCUT2D eigenvalue weighted by atomic mass is 10.2. The van der Waals surface area contributed by atoms with Gasteiger partial charge >= 0.3 is 6.01 Å². The molecule has 0 aliphatic carbocycles. The first-order chi connectivity index (χ1) is 15.2. The molecule has 1 fully saturated rings. The minimum Gasteiger partial charge on any atom is -0.455 e. The number of hydrogen-bond donors (Lipinski definition) is 1. The smallest absolute Gasteiger partial charge is 0.320 e. The van der Waals surface area contributed by atoms with E-state index in [0.717, 1.165) is 30.2 Å². The topological polar surface area (TPSA) is 97.7 Å². The minimum atomic E-state index is 0.181. The Bertz CT molecular complexity index is 1050. The van der Waals surface area contributed by atoms with Crippen molar-refractivity contribution in [1.29, 1.82) is 0 Å². The molecule has 9 heteroatoms. The van der Waals surface area contributed by atoms with E-state index < -0.39 is 0 Å². The van der Waals surface area contributed by atoms with Gasteiger partial charge in [-0.1, -0.05) is 29.8 Å². The molecule has 31 heavy (non-hydrogen) atoms. The monoisotopic (exact) mass is 419 g/mol. The molecule has 3 aromatic rings. The van der Waals surface area contributed by atoms with Crippen LogP contribution in [0.4, 0.5) is 11.6 Å². The molecule has 0 unspecified atom stereocenters. The van der Waals surface area contributed by atoms with Crippen LogP contribution in [0, 0.1) is 13.8 Å². The molecular weight excluding hydrogens is 394 g/mol. The van der Waals surface area contributed by atoms with Crippen LogP contribution in [0.2, 0.25) is 0 Å². The van der Waals surface area contributed by atoms with Crippen LogP contribution in [0.25, 0.3) is 0 Å². The number of anilines is 2. The van der Waals surface area contributed by atoms with Crippen molar-refractivity contribution in [3.8, 4) is 6.01 Å². The summed E-state index contributed by atoms with van der Waals surface area (Å²) in [7, 11) is 0. The summed E-state index contributed by atoms with van der Waals surface area (Å²) in [6.45, 7) is 6.96. The maximum absolute atomic E-state index is 5.80. The highest BCUT2D eigenvalue weighted by Gasteiger charge is 2.16. The van der Waals surface area contributed by atoms with Gasteiger partial charge < -0.3 is 14.4 Å². The third kappa shape index (κ3) is 5.95. The molecule has 4 rings (SSSR count). The van der Waals surface area contributed by atoms with Crippen LogP contribution in [-0.4, -0.2) is 52.5 Å². The number of rotatable bonds is 7. The predicted molar refractivity (Wildman–Crippen MR) is 119 cm³/mol. The van der Waals surface area contributed by atoms with Gasteiger partial charge in [0.2, 0.25) is 0 Å². The van der Waals surface area contributed by atoms with E-state index in [-0.39, 0.29) is 12.6 Å². The molecule has 1 aromatic carbocycles. The van der Waals surface area contributed by atoms with Crippen molar-refractivity contribution in [2.75, 3.05) is 36.6 Å². The summed E-state index contributed by atoms with van der Waals surface area (Å²) >= 11 is 0. The quantitative estimate of drug-likeness (QED) is 0.461. The number of aryl methyl sites for hydroxylation is 2. The van der Waals surface area contributed by atoms with Gasteiger partial charge in [-0.25, -0.2) is 9.97 Å². The number of nitrogens with one attached hydrogen (secondary N) is 1. The summed E-state index contributed by atoms with van der Waals surface area (Å²) < 4.78 is 11.3. The fraction of sp³-hybridized carbons (Fsp3) is 0.318. The van der Waals surface area contributed by atoms with E-state index in [1.54, 1.807) is 12.4 Å². The fourth-order valence-electron chi connectivity index (χ4n) is 3.11. The third-order valence-electron chi connectivity index (χ3n) is 4.64. The molecule has 0 amide bonds. The second-order valence-electron chi connectivity index (χ2n) is 7.18. The highest BCUT2D eigenvalue weighted by atomic mass is 16.5. The lowest BCUT2D eigenvalue weighted by molar-refractivity contribution is 0.122. The average molecular weight is 419 g/mol. The summed E-state index contributed by atoms with van der Waals surface area (Å²) in [5, 5.41) is 4.32. The van der Waals surface area contributed by atoms with Gasteiger partial charge in [-0.05, 0) is 25.5 Å². The van der Waals surface area contributed by atoms with Crippen LogP contribution >= 0.6 is 0 Å². The van der Waals surface area contributed by atoms with Crippen molar-refractivity contribution >= 4 is 17.9 Å². The Kier molecular flexibility index (Phi) is 6.63. The van der Waals surface area contributed by atoms with E-state index in [4.69, 9.17) is 9.47 Å². The summed E-state index contributed by atoms with van der Waals surface area (Å²) in [4.78, 5) is 19.7. The van der Waals surface area contributed by atoms with Crippen molar-refractivity contribution < 1.29 is 9.47 Å². The number of morpholine rings is 1. The third-order valence-corrected chi connectivity index (χ3v) is 4.64. The second-order valence-corrected chi connectivity index (χ2v) is 7.18. The molecule has 0 spiro atoms. The number of hydrogen-bond acceptors (Lipinski definition) is 9. The lowest BCUT2D eigenvalue weighted by Crippen LogP contribution is -2.36. The fourth-order valence-corrected chi connectivity index (χ4v) is 3.11. The number of nitrogens with zero attached hydrogens (tertiary/aromatic N) is 6. The van der Waals surface area contributed by atoms with E-state index in [1.807, 2.05) is 44.2 Å². The van der Waals surface area contributed by atoms with Crippen molar-refractivity contribution in [1.82, 2.24) is 19.9 Å². The molecule has 160 valence electrons. The highest BCUT2D eigenvalue weighted by Crippen LogP contribution is 2.21. The van der Waals surface area contributed by atoms with Gasteiger partial charge in [0.1, 0.15) is 5.82 Å². The molecule has 1 N–H and O–H groups in total.